The predicted octanol–water partition coefficient (Wildman–Crippen LogP) is 5.89. The molecule has 0 amide bonds. The highest BCUT2D eigenvalue weighted by molar-refractivity contribution is 6.55. The van der Waals surface area contributed by atoms with Gasteiger partial charge in [0, 0.05) is 25.8 Å². The summed E-state index contributed by atoms with van der Waals surface area (Å²) in [6, 6.07) is 3.29. The van der Waals surface area contributed by atoms with Crippen molar-refractivity contribution in [2.24, 2.45) is 0 Å². The van der Waals surface area contributed by atoms with E-state index in [0.29, 0.717) is 28.2 Å². The summed E-state index contributed by atoms with van der Waals surface area (Å²) in [5.41, 5.74) is 0. The number of methoxy groups -OCH3 is 1. The largest absolute Gasteiger partial charge is 0.490 e. The van der Waals surface area contributed by atoms with Crippen molar-refractivity contribution < 1.29 is 14.2 Å². The van der Waals surface area contributed by atoms with Crippen molar-refractivity contribution in [3.05, 3.63) is 32.7 Å². The van der Waals surface area contributed by atoms with Crippen molar-refractivity contribution >= 4 is 46.4 Å². The molecule has 0 aromatic heterocycles. The van der Waals surface area contributed by atoms with Crippen LogP contribution >= 0.6 is 46.4 Å². The molecule has 0 aliphatic carbocycles. The fraction of sp³-hybridized carbons (Fsp3) is 0.467. The minimum atomic E-state index is 0.144. The zero-order valence-corrected chi connectivity index (χ0v) is 15.2. The summed E-state index contributed by atoms with van der Waals surface area (Å²) < 4.78 is 16.2. The van der Waals surface area contributed by atoms with Gasteiger partial charge in [-0.05, 0) is 25.3 Å². The van der Waals surface area contributed by atoms with Crippen LogP contribution in [0.2, 0.25) is 10.0 Å². The fourth-order valence-electron chi connectivity index (χ4n) is 1.66. The Labute approximate surface area is 151 Å². The lowest BCUT2D eigenvalue weighted by molar-refractivity contribution is 0.189. The van der Waals surface area contributed by atoms with E-state index in [9.17, 15) is 0 Å². The highest BCUT2D eigenvalue weighted by atomic mass is 35.5. The Morgan fingerprint density at radius 1 is 1.00 bits per heavy atom. The summed E-state index contributed by atoms with van der Waals surface area (Å²) in [6.07, 6.45) is 4.46. The first kappa shape index (κ1) is 19.7. The van der Waals surface area contributed by atoms with Crippen LogP contribution in [0.4, 0.5) is 0 Å². The number of benzene rings is 1. The maximum absolute atomic E-state index is 6.16. The van der Waals surface area contributed by atoms with Crippen LogP contribution in [0.25, 0.3) is 0 Å². The summed E-state index contributed by atoms with van der Waals surface area (Å²) in [5.74, 6) is 0.988. The topological polar surface area (TPSA) is 27.7 Å². The Morgan fingerprint density at radius 2 is 1.64 bits per heavy atom. The molecule has 0 spiro atoms. The van der Waals surface area contributed by atoms with Crippen molar-refractivity contribution in [1.82, 2.24) is 0 Å². The molecule has 0 heterocycles. The van der Waals surface area contributed by atoms with Gasteiger partial charge in [-0.2, -0.15) is 0 Å². The van der Waals surface area contributed by atoms with Crippen LogP contribution in [0.5, 0.6) is 11.5 Å². The van der Waals surface area contributed by atoms with E-state index in [1.807, 2.05) is 0 Å². The number of rotatable bonds is 10. The second-order valence-corrected chi connectivity index (χ2v) is 6.25. The van der Waals surface area contributed by atoms with Gasteiger partial charge in [0.1, 0.15) is 16.8 Å². The van der Waals surface area contributed by atoms with E-state index in [-0.39, 0.29) is 11.1 Å². The molecule has 3 nitrogen and oxygen atoms in total. The fourth-order valence-corrected chi connectivity index (χ4v) is 2.36. The number of hydrogen-bond donors (Lipinski definition) is 0. The van der Waals surface area contributed by atoms with E-state index in [1.165, 1.54) is 6.08 Å². The minimum absolute atomic E-state index is 0.144. The van der Waals surface area contributed by atoms with Gasteiger partial charge in [-0.15, -0.1) is 0 Å². The van der Waals surface area contributed by atoms with E-state index < -0.39 is 0 Å². The zero-order valence-electron chi connectivity index (χ0n) is 12.2. The highest BCUT2D eigenvalue weighted by Gasteiger charge is 2.10. The average molecular weight is 388 g/mol. The van der Waals surface area contributed by atoms with Gasteiger partial charge in [-0.1, -0.05) is 46.4 Å². The minimum Gasteiger partial charge on any atom is -0.490 e. The maximum Gasteiger partial charge on any atom is 0.156 e. The second kappa shape index (κ2) is 11.3. The first-order chi connectivity index (χ1) is 10.5. The molecule has 1 rings (SSSR count). The molecule has 0 saturated carbocycles. The zero-order chi connectivity index (χ0) is 16.4. The third kappa shape index (κ3) is 7.80. The van der Waals surface area contributed by atoms with Gasteiger partial charge in [0.2, 0.25) is 0 Å². The molecule has 0 saturated heterocycles. The van der Waals surface area contributed by atoms with Gasteiger partial charge in [-0.25, -0.2) is 0 Å². The standard InChI is InChI=1S/C15H18Cl4O3/c1-20-6-3-2-4-7-22-15-12(16)9-11(10-13(15)17)21-8-5-14(18)19/h5,9-10H,2-4,6-8H2,1H3. The summed E-state index contributed by atoms with van der Waals surface area (Å²) in [4.78, 5) is 0. The lowest BCUT2D eigenvalue weighted by Gasteiger charge is -2.12. The monoisotopic (exact) mass is 386 g/mol. The normalized spacial score (nSPS) is 10.4. The average Bonchev–Trinajstić information content (AvgIpc) is 2.44. The Kier molecular flexibility index (Phi) is 10.1. The van der Waals surface area contributed by atoms with Gasteiger partial charge in [0.05, 0.1) is 16.7 Å². The first-order valence-corrected chi connectivity index (χ1v) is 8.30. The molecule has 0 N–H and O–H groups in total. The smallest absolute Gasteiger partial charge is 0.156 e. The summed E-state index contributed by atoms with van der Waals surface area (Å²) >= 11 is 23.3. The molecule has 0 aliphatic rings. The van der Waals surface area contributed by atoms with Crippen LogP contribution in [0.3, 0.4) is 0 Å². The van der Waals surface area contributed by atoms with Gasteiger partial charge in [-0.3, -0.25) is 0 Å². The molecule has 0 fully saturated rings. The summed E-state index contributed by atoms with van der Waals surface area (Å²) in [7, 11) is 1.69. The molecule has 0 radical (unpaired) electrons. The SMILES string of the molecule is COCCCCCOc1c(Cl)cc(OCC=C(Cl)Cl)cc1Cl. The molecule has 1 aromatic carbocycles. The molecule has 0 aliphatic heterocycles. The van der Waals surface area contributed by atoms with Gasteiger partial charge >= 0.3 is 0 Å². The molecule has 7 heteroatoms. The number of halogens is 4. The van der Waals surface area contributed by atoms with Crippen LogP contribution in [0.15, 0.2) is 22.7 Å². The van der Waals surface area contributed by atoms with E-state index in [0.717, 1.165) is 25.9 Å². The molecule has 0 bridgehead atoms. The van der Waals surface area contributed by atoms with Crippen molar-refractivity contribution in [2.75, 3.05) is 26.9 Å². The first-order valence-electron chi connectivity index (χ1n) is 6.79. The molecule has 22 heavy (non-hydrogen) atoms. The Bertz CT molecular complexity index is 465. The quantitative estimate of drug-likeness (QED) is 0.468. The third-order valence-electron chi connectivity index (χ3n) is 2.70. The predicted molar refractivity (Wildman–Crippen MR) is 93.0 cm³/mol. The second-order valence-electron chi connectivity index (χ2n) is 4.42. The van der Waals surface area contributed by atoms with Crippen molar-refractivity contribution in [3.63, 3.8) is 0 Å². The number of unbranched alkanes of at least 4 members (excludes halogenated alkanes) is 2. The maximum atomic E-state index is 6.16. The molecule has 1 aromatic rings. The Balaban J connectivity index is 2.49. The van der Waals surface area contributed by atoms with Gasteiger partial charge in [0.25, 0.3) is 0 Å². The van der Waals surface area contributed by atoms with Crippen molar-refractivity contribution in [3.8, 4) is 11.5 Å². The van der Waals surface area contributed by atoms with Crippen LogP contribution in [-0.2, 0) is 4.74 Å². The van der Waals surface area contributed by atoms with Crippen LogP contribution in [0, 0.1) is 0 Å². The number of ether oxygens (including phenoxy) is 3. The molecular weight excluding hydrogens is 370 g/mol. The summed E-state index contributed by atoms with van der Waals surface area (Å²) in [6.45, 7) is 1.54. The molecule has 0 unspecified atom stereocenters. The molecule has 0 atom stereocenters. The van der Waals surface area contributed by atoms with Gasteiger partial charge < -0.3 is 14.2 Å². The Hall–Kier alpha value is -0.320. The van der Waals surface area contributed by atoms with E-state index in [1.54, 1.807) is 19.2 Å². The highest BCUT2D eigenvalue weighted by Crippen LogP contribution is 2.37. The van der Waals surface area contributed by atoms with Gasteiger partial charge in [0.15, 0.2) is 5.75 Å². The van der Waals surface area contributed by atoms with Crippen LogP contribution in [0.1, 0.15) is 19.3 Å². The van der Waals surface area contributed by atoms with E-state index in [4.69, 9.17) is 60.6 Å². The Morgan fingerprint density at radius 3 is 2.23 bits per heavy atom. The van der Waals surface area contributed by atoms with Crippen LogP contribution < -0.4 is 9.47 Å². The summed E-state index contributed by atoms with van der Waals surface area (Å²) in [5, 5.41) is 0.806. The van der Waals surface area contributed by atoms with E-state index >= 15 is 0 Å². The lowest BCUT2D eigenvalue weighted by Crippen LogP contribution is -2.00. The van der Waals surface area contributed by atoms with Crippen molar-refractivity contribution in [1.29, 1.82) is 0 Å². The molecule has 124 valence electrons. The molecular formula is C15H18Cl4O3. The van der Waals surface area contributed by atoms with Crippen LogP contribution in [-0.4, -0.2) is 26.9 Å². The third-order valence-corrected chi connectivity index (χ3v) is 3.57. The lowest BCUT2D eigenvalue weighted by atomic mass is 10.2. The van der Waals surface area contributed by atoms with Crippen molar-refractivity contribution in [2.45, 2.75) is 19.3 Å². The number of hydrogen-bond acceptors (Lipinski definition) is 3. The van der Waals surface area contributed by atoms with E-state index in [2.05, 4.69) is 0 Å².